The van der Waals surface area contributed by atoms with E-state index in [2.05, 4.69) is 19.9 Å². The van der Waals surface area contributed by atoms with Crippen molar-refractivity contribution in [1.29, 1.82) is 0 Å². The number of likely N-dealkylation sites (N-methyl/N-ethyl adjacent to an activating group) is 1. The molecule has 1 N–H and O–H groups in total. The summed E-state index contributed by atoms with van der Waals surface area (Å²) in [6.45, 7) is 1.13. The number of fused-ring (bicyclic) bond motifs is 3. The zero-order chi connectivity index (χ0) is 19.9. The molecule has 0 bridgehead atoms. The maximum Gasteiger partial charge on any atom is 0.397 e. The molecular formula is C18H19F3N6O. The smallest absolute Gasteiger partial charge is 0.354 e. The molecule has 1 amide bonds. The maximum atomic E-state index is 12.6. The molecule has 7 nitrogen and oxygen atoms in total. The zero-order valence-corrected chi connectivity index (χ0v) is 15.2. The van der Waals surface area contributed by atoms with Gasteiger partial charge in [0.2, 0.25) is 5.91 Å². The van der Waals surface area contributed by atoms with Gasteiger partial charge in [-0.25, -0.2) is 15.0 Å². The van der Waals surface area contributed by atoms with Gasteiger partial charge in [0.15, 0.2) is 5.65 Å². The van der Waals surface area contributed by atoms with Crippen molar-refractivity contribution >= 4 is 33.7 Å². The Hall–Kier alpha value is -2.91. The molecule has 10 heteroatoms. The number of pyridine rings is 1. The van der Waals surface area contributed by atoms with Crippen molar-refractivity contribution in [3.63, 3.8) is 0 Å². The van der Waals surface area contributed by atoms with E-state index in [1.807, 2.05) is 11.0 Å². The fourth-order valence-electron chi connectivity index (χ4n) is 3.74. The molecule has 1 aliphatic rings. The SMILES string of the molecule is CN(C(=O)CC(F)(F)F)C1CCCN(c2nc[nH]c3cnc4nccc4c23)C1. The summed E-state index contributed by atoms with van der Waals surface area (Å²) in [7, 11) is 1.44. The number of nitrogens with one attached hydrogen (secondary N) is 1. The predicted octanol–water partition coefficient (Wildman–Crippen LogP) is 2.89. The first-order valence-corrected chi connectivity index (χ1v) is 8.97. The van der Waals surface area contributed by atoms with Crippen molar-refractivity contribution < 1.29 is 18.0 Å². The van der Waals surface area contributed by atoms with E-state index in [1.165, 1.54) is 11.9 Å². The van der Waals surface area contributed by atoms with Crippen LogP contribution in [-0.4, -0.2) is 63.1 Å². The fourth-order valence-corrected chi connectivity index (χ4v) is 3.74. The number of carbonyl (C=O) groups excluding carboxylic acids is 1. The highest BCUT2D eigenvalue weighted by Crippen LogP contribution is 2.31. The molecule has 148 valence electrons. The first kappa shape index (κ1) is 18.5. The number of halogens is 3. The van der Waals surface area contributed by atoms with E-state index in [4.69, 9.17) is 0 Å². The molecule has 0 aliphatic carbocycles. The van der Waals surface area contributed by atoms with Gasteiger partial charge >= 0.3 is 6.18 Å². The normalized spacial score (nSPS) is 18.0. The third kappa shape index (κ3) is 3.46. The predicted molar refractivity (Wildman–Crippen MR) is 97.9 cm³/mol. The number of H-pyrrole nitrogens is 1. The molecule has 0 aromatic carbocycles. The molecule has 0 radical (unpaired) electrons. The Morgan fingerprint density at radius 2 is 2.18 bits per heavy atom. The van der Waals surface area contributed by atoms with Gasteiger partial charge in [0.25, 0.3) is 0 Å². The Morgan fingerprint density at radius 1 is 1.36 bits per heavy atom. The summed E-state index contributed by atoms with van der Waals surface area (Å²) < 4.78 is 37.8. The van der Waals surface area contributed by atoms with Gasteiger partial charge in [0.05, 0.1) is 23.4 Å². The van der Waals surface area contributed by atoms with Crippen LogP contribution in [0.1, 0.15) is 19.3 Å². The molecule has 3 aromatic rings. The second-order valence-electron chi connectivity index (χ2n) is 6.99. The van der Waals surface area contributed by atoms with E-state index in [9.17, 15) is 18.0 Å². The summed E-state index contributed by atoms with van der Waals surface area (Å²) >= 11 is 0. The Bertz CT molecular complexity index is 1020. The van der Waals surface area contributed by atoms with Gasteiger partial charge in [-0.3, -0.25) is 4.79 Å². The van der Waals surface area contributed by atoms with Gasteiger partial charge in [-0.15, -0.1) is 0 Å². The van der Waals surface area contributed by atoms with Crippen LogP contribution in [-0.2, 0) is 4.79 Å². The first-order chi connectivity index (χ1) is 13.3. The molecule has 1 aliphatic heterocycles. The van der Waals surface area contributed by atoms with Crippen molar-refractivity contribution in [1.82, 2.24) is 24.8 Å². The Labute approximate surface area is 158 Å². The fraction of sp³-hybridized carbons (Fsp3) is 0.444. The lowest BCUT2D eigenvalue weighted by Gasteiger charge is -2.38. The van der Waals surface area contributed by atoms with Crippen molar-refractivity contribution in [2.75, 3.05) is 25.0 Å². The highest BCUT2D eigenvalue weighted by molar-refractivity contribution is 6.08. The summed E-state index contributed by atoms with van der Waals surface area (Å²) in [5.41, 5.74) is 1.41. The lowest BCUT2D eigenvalue weighted by molar-refractivity contribution is -0.162. The van der Waals surface area contributed by atoms with Crippen LogP contribution in [0.3, 0.4) is 0 Å². The van der Waals surface area contributed by atoms with Crippen LogP contribution in [0.15, 0.2) is 24.8 Å². The molecule has 1 atom stereocenters. The molecule has 1 saturated heterocycles. The second-order valence-corrected chi connectivity index (χ2v) is 6.99. The third-order valence-corrected chi connectivity index (χ3v) is 5.15. The van der Waals surface area contributed by atoms with E-state index < -0.39 is 18.5 Å². The molecule has 1 unspecified atom stereocenters. The summed E-state index contributed by atoms with van der Waals surface area (Å²) in [4.78, 5) is 31.3. The van der Waals surface area contributed by atoms with Crippen LogP contribution in [0.25, 0.3) is 21.9 Å². The van der Waals surface area contributed by atoms with Gasteiger partial charge in [-0.1, -0.05) is 0 Å². The Kier molecular flexibility index (Phi) is 4.56. The average molecular weight is 392 g/mol. The molecule has 4 rings (SSSR count). The monoisotopic (exact) mass is 392 g/mol. The van der Waals surface area contributed by atoms with E-state index in [0.717, 1.165) is 28.5 Å². The minimum Gasteiger partial charge on any atom is -0.354 e. The highest BCUT2D eigenvalue weighted by Gasteiger charge is 2.35. The number of hydrogen-bond donors (Lipinski definition) is 1. The molecule has 1 fully saturated rings. The number of alkyl halides is 3. The molecular weight excluding hydrogens is 373 g/mol. The minimum atomic E-state index is -4.50. The minimum absolute atomic E-state index is 0.306. The number of piperidine rings is 1. The number of nitrogens with zero attached hydrogens (tertiary/aromatic N) is 5. The third-order valence-electron chi connectivity index (χ3n) is 5.15. The maximum absolute atomic E-state index is 12.6. The average Bonchev–Trinajstić information content (AvgIpc) is 3.14. The van der Waals surface area contributed by atoms with Crippen molar-refractivity contribution in [3.8, 4) is 0 Å². The lowest BCUT2D eigenvalue weighted by Crippen LogP contribution is -2.49. The molecule has 3 aromatic heterocycles. The number of aromatic nitrogens is 4. The van der Waals surface area contributed by atoms with Crippen LogP contribution < -0.4 is 4.90 Å². The number of hydrogen-bond acceptors (Lipinski definition) is 5. The summed E-state index contributed by atoms with van der Waals surface area (Å²) in [6, 6.07) is 1.56. The number of carbonyl (C=O) groups is 1. The van der Waals surface area contributed by atoms with Gasteiger partial charge in [0.1, 0.15) is 12.2 Å². The number of aromatic amines is 1. The van der Waals surface area contributed by atoms with Crippen LogP contribution in [0.5, 0.6) is 0 Å². The van der Waals surface area contributed by atoms with E-state index in [1.54, 1.807) is 18.7 Å². The molecule has 4 heterocycles. The van der Waals surface area contributed by atoms with Crippen molar-refractivity contribution in [3.05, 3.63) is 24.8 Å². The van der Waals surface area contributed by atoms with E-state index in [-0.39, 0.29) is 6.04 Å². The number of rotatable bonds is 3. The topological polar surface area (TPSA) is 78.0 Å². The van der Waals surface area contributed by atoms with Gasteiger partial charge in [-0.05, 0) is 18.9 Å². The van der Waals surface area contributed by atoms with Crippen molar-refractivity contribution in [2.24, 2.45) is 0 Å². The van der Waals surface area contributed by atoms with Crippen LogP contribution in [0.4, 0.5) is 19.0 Å². The van der Waals surface area contributed by atoms with Gasteiger partial charge < -0.3 is 14.8 Å². The lowest BCUT2D eigenvalue weighted by atomic mass is 10.0. The van der Waals surface area contributed by atoms with Crippen LogP contribution >= 0.6 is 0 Å². The summed E-state index contributed by atoms with van der Waals surface area (Å²) in [5.74, 6) is -0.194. The van der Waals surface area contributed by atoms with Gasteiger partial charge in [-0.2, -0.15) is 13.2 Å². The molecule has 0 spiro atoms. The molecule has 0 saturated carbocycles. The number of anilines is 1. The first-order valence-electron chi connectivity index (χ1n) is 8.97. The van der Waals surface area contributed by atoms with Crippen LogP contribution in [0, 0.1) is 0 Å². The van der Waals surface area contributed by atoms with E-state index in [0.29, 0.717) is 25.2 Å². The zero-order valence-electron chi connectivity index (χ0n) is 15.2. The number of amides is 1. The largest absolute Gasteiger partial charge is 0.397 e. The van der Waals surface area contributed by atoms with E-state index >= 15 is 0 Å². The standard InChI is InChI=1S/C18H19F3N6O/c1-26(14(28)7-18(19,20)21)11-3-2-6-27(9-11)17-15-12-4-5-22-16(12)23-8-13(15)24-10-25-17/h4-5,8,10-11H,2-3,6-7,9H2,1H3,(H,24,25). The second kappa shape index (κ2) is 6.92. The summed E-state index contributed by atoms with van der Waals surface area (Å²) in [5, 5.41) is 1.73. The quantitative estimate of drug-likeness (QED) is 0.742. The van der Waals surface area contributed by atoms with Crippen molar-refractivity contribution in [2.45, 2.75) is 31.5 Å². The molecule has 28 heavy (non-hydrogen) atoms. The van der Waals surface area contributed by atoms with Crippen LogP contribution in [0.2, 0.25) is 0 Å². The highest BCUT2D eigenvalue weighted by atomic mass is 19.4. The Balaban J connectivity index is 1.63. The summed E-state index contributed by atoms with van der Waals surface area (Å²) in [6.07, 6.45) is 0.408. The Morgan fingerprint density at radius 3 is 2.96 bits per heavy atom. The van der Waals surface area contributed by atoms with Gasteiger partial charge in [0, 0.05) is 37.8 Å².